The van der Waals surface area contributed by atoms with Crippen LogP contribution in [0, 0.1) is 6.57 Å². The van der Waals surface area contributed by atoms with Crippen molar-refractivity contribution in [2.75, 3.05) is 5.32 Å². The molecule has 1 aliphatic rings. The lowest BCUT2D eigenvalue weighted by molar-refractivity contribution is 0.100. The number of carbonyl (C=O) groups excluding carboxylic acids is 1. The zero-order chi connectivity index (χ0) is 15.0. The third-order valence-corrected chi connectivity index (χ3v) is 4.33. The van der Waals surface area contributed by atoms with Crippen LogP contribution in [0.3, 0.4) is 0 Å². The fourth-order valence-electron chi connectivity index (χ4n) is 3.02. The van der Waals surface area contributed by atoms with Crippen LogP contribution in [0.2, 0.25) is 0 Å². The fourth-order valence-corrected chi connectivity index (χ4v) is 3.02. The van der Waals surface area contributed by atoms with Crippen LogP contribution in [0.15, 0.2) is 24.5 Å². The SMILES string of the molecule is [C-]#[N+][C@]1(C)CCC[C@H]1Nc1c(C(N)=O)cnn2cccc12. The van der Waals surface area contributed by atoms with Crippen molar-refractivity contribution in [2.45, 2.75) is 37.8 Å². The van der Waals surface area contributed by atoms with E-state index < -0.39 is 11.4 Å². The molecule has 21 heavy (non-hydrogen) atoms. The molecule has 0 aliphatic heterocycles. The van der Waals surface area contributed by atoms with E-state index in [0.29, 0.717) is 11.3 Å². The Kier molecular flexibility index (Phi) is 3.05. The molecule has 2 heterocycles. The van der Waals surface area contributed by atoms with Gasteiger partial charge in [0.1, 0.15) is 6.04 Å². The number of rotatable bonds is 3. The summed E-state index contributed by atoms with van der Waals surface area (Å²) in [5.41, 5.74) is 6.85. The molecular weight excluding hydrogens is 266 g/mol. The van der Waals surface area contributed by atoms with Crippen LogP contribution in [0.25, 0.3) is 10.4 Å². The lowest BCUT2D eigenvalue weighted by Crippen LogP contribution is -2.37. The Morgan fingerprint density at radius 3 is 3.19 bits per heavy atom. The number of amides is 1. The number of nitrogens with two attached hydrogens (primary N) is 1. The standard InChI is InChI=1S/C15H17N5O/c1-15(17-2)7-3-6-12(15)19-13-10(14(16)21)9-18-20-8-4-5-11(13)20/h4-5,8-9,12,19H,3,6-7H2,1H3,(H2,16,21)/t12-,15-/m1/s1. The van der Waals surface area contributed by atoms with Crippen LogP contribution < -0.4 is 11.1 Å². The van der Waals surface area contributed by atoms with Gasteiger partial charge in [0.15, 0.2) is 0 Å². The maximum absolute atomic E-state index is 11.7. The Hall–Kier alpha value is -2.55. The highest BCUT2D eigenvalue weighted by atomic mass is 16.1. The smallest absolute Gasteiger partial charge is 0.252 e. The maximum Gasteiger partial charge on any atom is 0.252 e. The van der Waals surface area contributed by atoms with Gasteiger partial charge in [-0.1, -0.05) is 0 Å². The van der Waals surface area contributed by atoms with Gasteiger partial charge in [0.2, 0.25) is 5.54 Å². The van der Waals surface area contributed by atoms with Crippen molar-refractivity contribution in [3.63, 3.8) is 0 Å². The van der Waals surface area contributed by atoms with Crippen molar-refractivity contribution < 1.29 is 4.79 Å². The van der Waals surface area contributed by atoms with Crippen molar-refractivity contribution in [3.05, 3.63) is 41.5 Å². The van der Waals surface area contributed by atoms with Crippen LogP contribution in [-0.2, 0) is 0 Å². The molecule has 6 nitrogen and oxygen atoms in total. The van der Waals surface area contributed by atoms with Gasteiger partial charge >= 0.3 is 0 Å². The number of hydrogen-bond acceptors (Lipinski definition) is 3. The summed E-state index contributed by atoms with van der Waals surface area (Å²) < 4.78 is 1.69. The topological polar surface area (TPSA) is 76.8 Å². The van der Waals surface area contributed by atoms with Crippen molar-refractivity contribution in [1.82, 2.24) is 9.61 Å². The van der Waals surface area contributed by atoms with Gasteiger partial charge < -0.3 is 15.9 Å². The summed E-state index contributed by atoms with van der Waals surface area (Å²) in [6.45, 7) is 9.40. The van der Waals surface area contributed by atoms with Crippen molar-refractivity contribution in [2.24, 2.45) is 5.73 Å². The predicted molar refractivity (Wildman–Crippen MR) is 80.0 cm³/mol. The van der Waals surface area contributed by atoms with Crippen molar-refractivity contribution in [1.29, 1.82) is 0 Å². The Balaban J connectivity index is 2.07. The molecule has 3 rings (SSSR count). The van der Waals surface area contributed by atoms with E-state index in [1.807, 2.05) is 25.3 Å². The zero-order valence-electron chi connectivity index (χ0n) is 11.8. The summed E-state index contributed by atoms with van der Waals surface area (Å²) in [5.74, 6) is -0.517. The maximum atomic E-state index is 11.7. The number of fused-ring (bicyclic) bond motifs is 1. The molecule has 1 amide bonds. The molecule has 2 atom stereocenters. The second-order valence-corrected chi connectivity index (χ2v) is 5.69. The molecule has 1 saturated carbocycles. The molecule has 6 heteroatoms. The largest absolute Gasteiger partial charge is 0.372 e. The summed E-state index contributed by atoms with van der Waals surface area (Å²) in [6, 6.07) is 3.75. The quantitative estimate of drug-likeness (QED) is 0.847. The molecule has 2 aromatic heterocycles. The highest BCUT2D eigenvalue weighted by Crippen LogP contribution is 2.36. The van der Waals surface area contributed by atoms with Gasteiger partial charge in [-0.05, 0) is 25.0 Å². The van der Waals surface area contributed by atoms with Crippen molar-refractivity contribution >= 4 is 17.1 Å². The molecule has 0 bridgehead atoms. The lowest BCUT2D eigenvalue weighted by Gasteiger charge is -2.23. The number of carbonyl (C=O) groups is 1. The molecule has 3 N–H and O–H groups in total. The third kappa shape index (κ3) is 2.11. The molecular formula is C15H17N5O. The van der Waals surface area contributed by atoms with Crippen molar-refractivity contribution in [3.8, 4) is 0 Å². The van der Waals surface area contributed by atoms with Gasteiger partial charge in [0, 0.05) is 19.5 Å². The first-order valence-corrected chi connectivity index (χ1v) is 6.96. The van der Waals surface area contributed by atoms with E-state index in [-0.39, 0.29) is 6.04 Å². The van der Waals surface area contributed by atoms with Crippen LogP contribution >= 0.6 is 0 Å². The Morgan fingerprint density at radius 1 is 1.67 bits per heavy atom. The Labute approximate surface area is 122 Å². The van der Waals surface area contributed by atoms with Gasteiger partial charge in [-0.15, -0.1) is 0 Å². The summed E-state index contributed by atoms with van der Waals surface area (Å²) in [4.78, 5) is 15.5. The van der Waals surface area contributed by atoms with Gasteiger partial charge in [-0.25, -0.2) is 11.1 Å². The molecule has 0 aromatic carbocycles. The minimum absolute atomic E-state index is 0.00852. The average Bonchev–Trinajstić information content (AvgIpc) is 3.07. The fraction of sp³-hybridized carbons (Fsp3) is 0.400. The molecule has 0 radical (unpaired) electrons. The lowest BCUT2D eigenvalue weighted by atomic mass is 9.96. The van der Waals surface area contributed by atoms with E-state index in [0.717, 1.165) is 24.8 Å². The number of anilines is 1. The Morgan fingerprint density at radius 2 is 2.48 bits per heavy atom. The molecule has 108 valence electrons. The molecule has 1 fully saturated rings. The molecule has 0 saturated heterocycles. The van der Waals surface area contributed by atoms with Gasteiger partial charge in [0.05, 0.1) is 23.0 Å². The van der Waals surface area contributed by atoms with E-state index in [4.69, 9.17) is 12.3 Å². The number of nitrogens with zero attached hydrogens (tertiary/aromatic N) is 3. The number of nitrogens with one attached hydrogen (secondary N) is 1. The van der Waals surface area contributed by atoms with Crippen LogP contribution in [-0.4, -0.2) is 27.1 Å². The minimum Gasteiger partial charge on any atom is -0.372 e. The molecule has 0 unspecified atom stereocenters. The zero-order valence-corrected chi connectivity index (χ0v) is 11.8. The highest BCUT2D eigenvalue weighted by molar-refractivity contribution is 6.01. The second kappa shape index (κ2) is 4.77. The van der Waals surface area contributed by atoms with Gasteiger partial charge in [-0.3, -0.25) is 4.79 Å². The second-order valence-electron chi connectivity index (χ2n) is 5.69. The first-order valence-electron chi connectivity index (χ1n) is 6.96. The number of aromatic nitrogens is 2. The highest BCUT2D eigenvalue weighted by Gasteiger charge is 2.45. The average molecular weight is 283 g/mol. The third-order valence-electron chi connectivity index (χ3n) is 4.33. The van der Waals surface area contributed by atoms with Gasteiger partial charge in [0.25, 0.3) is 5.91 Å². The van der Waals surface area contributed by atoms with E-state index >= 15 is 0 Å². The van der Waals surface area contributed by atoms with E-state index in [1.165, 1.54) is 6.20 Å². The first kappa shape index (κ1) is 13.4. The normalized spacial score (nSPS) is 24.9. The summed E-state index contributed by atoms with van der Waals surface area (Å²) in [6.07, 6.45) is 6.06. The molecule has 0 spiro atoms. The van der Waals surface area contributed by atoms with Gasteiger partial charge in [-0.2, -0.15) is 5.10 Å². The van der Waals surface area contributed by atoms with Crippen LogP contribution in [0.5, 0.6) is 0 Å². The predicted octanol–water partition coefficient (Wildman–Crippen LogP) is 2.08. The molecule has 1 aliphatic carbocycles. The first-order chi connectivity index (χ1) is 10.0. The number of primary amides is 1. The summed E-state index contributed by atoms with van der Waals surface area (Å²) >= 11 is 0. The minimum atomic E-state index is -0.517. The van der Waals surface area contributed by atoms with Crippen LogP contribution in [0.4, 0.5) is 5.69 Å². The van der Waals surface area contributed by atoms with E-state index in [9.17, 15) is 4.79 Å². The monoisotopic (exact) mass is 283 g/mol. The van der Waals surface area contributed by atoms with E-state index in [2.05, 4.69) is 15.3 Å². The summed E-state index contributed by atoms with van der Waals surface area (Å²) in [5, 5.41) is 7.56. The van der Waals surface area contributed by atoms with Crippen LogP contribution in [0.1, 0.15) is 36.5 Å². The number of hydrogen-bond donors (Lipinski definition) is 2. The molecule has 2 aromatic rings. The van der Waals surface area contributed by atoms with E-state index in [1.54, 1.807) is 4.52 Å². The Bertz CT molecular complexity index is 744. The summed E-state index contributed by atoms with van der Waals surface area (Å²) in [7, 11) is 0.